The first-order valence-corrected chi connectivity index (χ1v) is 10.5. The van der Waals surface area contributed by atoms with Crippen molar-refractivity contribution in [2.24, 2.45) is 16.7 Å². The molecule has 0 unspecified atom stereocenters. The highest BCUT2D eigenvalue weighted by atomic mass is 16.5. The van der Waals surface area contributed by atoms with Crippen molar-refractivity contribution in [3.8, 4) is 0 Å². The average Bonchev–Trinajstić information content (AvgIpc) is 2.57. The van der Waals surface area contributed by atoms with E-state index in [1.165, 1.54) is 32.1 Å². The second kappa shape index (κ2) is 9.36. The predicted molar refractivity (Wildman–Crippen MR) is 101 cm³/mol. The highest BCUT2D eigenvalue weighted by Gasteiger charge is 2.52. The molecule has 0 aromatic rings. The van der Waals surface area contributed by atoms with E-state index in [-0.39, 0.29) is 18.0 Å². The van der Waals surface area contributed by atoms with Crippen molar-refractivity contribution in [2.45, 2.75) is 91.1 Å². The van der Waals surface area contributed by atoms with Crippen LogP contribution in [0.2, 0.25) is 0 Å². The quantitative estimate of drug-likeness (QED) is 0.749. The third-order valence-electron chi connectivity index (χ3n) is 6.24. The van der Waals surface area contributed by atoms with E-state index in [1.807, 2.05) is 0 Å². The Kier molecular flexibility index (Phi) is 7.75. The number of aliphatic hydroxyl groups excluding tert-OH is 1. The van der Waals surface area contributed by atoms with Crippen molar-refractivity contribution < 1.29 is 14.6 Å². The van der Waals surface area contributed by atoms with E-state index in [0.717, 1.165) is 45.2 Å². The lowest BCUT2D eigenvalue weighted by atomic mass is 9.48. The van der Waals surface area contributed by atoms with Gasteiger partial charge in [-0.05, 0) is 81.7 Å². The maximum absolute atomic E-state index is 12.0. The van der Waals surface area contributed by atoms with Crippen LogP contribution in [0.4, 0.5) is 0 Å². The van der Waals surface area contributed by atoms with Crippen LogP contribution in [-0.2, 0) is 9.53 Å². The molecule has 4 nitrogen and oxygen atoms in total. The molecule has 0 radical (unpaired) electrons. The van der Waals surface area contributed by atoms with Gasteiger partial charge in [0, 0.05) is 0 Å². The van der Waals surface area contributed by atoms with E-state index >= 15 is 0 Å². The highest BCUT2D eigenvalue weighted by Crippen LogP contribution is 2.62. The first-order valence-electron chi connectivity index (χ1n) is 10.5. The standard InChI is InChI=1S/C18H31NO3.C3H8/c1-17(12-18(13-17)6-2-15(20)3-7-18)8-11-22-16(21)14-4-9-19-10-5-14;1-3-2/h14-15,19-20H,2-13H2,1H3;3H2,1-2H3. The molecule has 4 heteroatoms. The molecule has 1 heterocycles. The summed E-state index contributed by atoms with van der Waals surface area (Å²) in [5.74, 6) is 0.126. The molecule has 2 saturated carbocycles. The van der Waals surface area contributed by atoms with Crippen molar-refractivity contribution in [3.63, 3.8) is 0 Å². The molecule has 1 saturated heterocycles. The lowest BCUT2D eigenvalue weighted by Gasteiger charge is -2.57. The Morgan fingerprint density at radius 2 is 1.68 bits per heavy atom. The van der Waals surface area contributed by atoms with E-state index in [1.54, 1.807) is 0 Å². The van der Waals surface area contributed by atoms with Crippen molar-refractivity contribution in [1.29, 1.82) is 0 Å². The summed E-state index contributed by atoms with van der Waals surface area (Å²) in [6, 6.07) is 0. The fourth-order valence-corrected chi connectivity index (χ4v) is 5.08. The predicted octanol–water partition coefficient (Wildman–Crippen LogP) is 4.06. The van der Waals surface area contributed by atoms with Gasteiger partial charge in [-0.25, -0.2) is 0 Å². The van der Waals surface area contributed by atoms with Crippen molar-refractivity contribution >= 4 is 5.97 Å². The minimum Gasteiger partial charge on any atom is -0.465 e. The maximum atomic E-state index is 12.0. The third kappa shape index (κ3) is 5.96. The first-order chi connectivity index (χ1) is 11.9. The SMILES string of the molecule is CC1(CCOC(=O)C2CCNCC2)CC2(CCC(O)CC2)C1.CCC. The number of hydrogen-bond donors (Lipinski definition) is 2. The Morgan fingerprint density at radius 1 is 1.12 bits per heavy atom. The lowest BCUT2D eigenvalue weighted by Crippen LogP contribution is -2.48. The number of esters is 1. The minimum absolute atomic E-state index is 0.0138. The molecule has 0 atom stereocenters. The molecule has 3 aliphatic rings. The molecule has 1 aliphatic heterocycles. The number of carbonyl (C=O) groups excluding carboxylic acids is 1. The van der Waals surface area contributed by atoms with E-state index in [4.69, 9.17) is 4.74 Å². The zero-order valence-corrected chi connectivity index (χ0v) is 16.6. The van der Waals surface area contributed by atoms with Gasteiger partial charge in [0.05, 0.1) is 18.6 Å². The van der Waals surface area contributed by atoms with Crippen LogP contribution in [0, 0.1) is 16.7 Å². The summed E-state index contributed by atoms with van der Waals surface area (Å²) >= 11 is 0. The monoisotopic (exact) mass is 353 g/mol. The fraction of sp³-hybridized carbons (Fsp3) is 0.952. The third-order valence-corrected chi connectivity index (χ3v) is 6.24. The molecule has 0 aromatic heterocycles. The van der Waals surface area contributed by atoms with Gasteiger partial charge in [0.2, 0.25) is 0 Å². The number of carbonyl (C=O) groups is 1. The Morgan fingerprint density at radius 3 is 2.24 bits per heavy atom. The van der Waals surface area contributed by atoms with Crippen LogP contribution in [0.1, 0.15) is 85.0 Å². The van der Waals surface area contributed by atoms with Crippen LogP contribution in [-0.4, -0.2) is 36.9 Å². The zero-order valence-electron chi connectivity index (χ0n) is 16.6. The smallest absolute Gasteiger partial charge is 0.309 e. The molecular formula is C21H39NO3. The molecule has 3 fully saturated rings. The Hall–Kier alpha value is -0.610. The zero-order chi connectivity index (χ0) is 18.3. The summed E-state index contributed by atoms with van der Waals surface area (Å²) < 4.78 is 5.54. The van der Waals surface area contributed by atoms with Crippen LogP contribution in [0.5, 0.6) is 0 Å². The summed E-state index contributed by atoms with van der Waals surface area (Å²) in [5, 5.41) is 12.9. The topological polar surface area (TPSA) is 58.6 Å². The molecule has 2 N–H and O–H groups in total. The fourth-order valence-electron chi connectivity index (χ4n) is 5.08. The van der Waals surface area contributed by atoms with Gasteiger partial charge in [-0.15, -0.1) is 0 Å². The number of piperidine rings is 1. The molecule has 0 aromatic carbocycles. The Balaban J connectivity index is 0.000000701. The van der Waals surface area contributed by atoms with Crippen LogP contribution in [0.15, 0.2) is 0 Å². The average molecular weight is 354 g/mol. The van der Waals surface area contributed by atoms with Gasteiger partial charge in [-0.1, -0.05) is 27.2 Å². The second-order valence-corrected chi connectivity index (χ2v) is 9.04. The van der Waals surface area contributed by atoms with Gasteiger partial charge in [-0.3, -0.25) is 4.79 Å². The van der Waals surface area contributed by atoms with Gasteiger partial charge in [0.1, 0.15) is 0 Å². The summed E-state index contributed by atoms with van der Waals surface area (Å²) in [7, 11) is 0. The Labute approximate surface area is 154 Å². The van der Waals surface area contributed by atoms with Gasteiger partial charge in [0.25, 0.3) is 0 Å². The normalized spacial score (nSPS) is 35.4. The van der Waals surface area contributed by atoms with Gasteiger partial charge < -0.3 is 15.2 Å². The van der Waals surface area contributed by atoms with Crippen LogP contribution < -0.4 is 5.32 Å². The summed E-state index contributed by atoms with van der Waals surface area (Å²) in [5.41, 5.74) is 0.837. The van der Waals surface area contributed by atoms with Gasteiger partial charge in [0.15, 0.2) is 0 Å². The van der Waals surface area contributed by atoms with Crippen molar-refractivity contribution in [2.75, 3.05) is 19.7 Å². The molecule has 0 amide bonds. The van der Waals surface area contributed by atoms with E-state index < -0.39 is 0 Å². The minimum atomic E-state index is -0.0663. The number of hydrogen-bond acceptors (Lipinski definition) is 4. The number of aliphatic hydroxyl groups is 1. The van der Waals surface area contributed by atoms with E-state index in [2.05, 4.69) is 26.1 Å². The molecule has 0 bridgehead atoms. The Bertz CT molecular complexity index is 401. The number of nitrogens with one attached hydrogen (secondary N) is 1. The van der Waals surface area contributed by atoms with Crippen LogP contribution >= 0.6 is 0 Å². The maximum Gasteiger partial charge on any atom is 0.309 e. The largest absolute Gasteiger partial charge is 0.465 e. The molecule has 1 spiro atoms. The van der Waals surface area contributed by atoms with Crippen molar-refractivity contribution in [1.82, 2.24) is 5.32 Å². The second-order valence-electron chi connectivity index (χ2n) is 9.04. The van der Waals surface area contributed by atoms with Crippen LogP contribution in [0.25, 0.3) is 0 Å². The molecule has 146 valence electrons. The molecule has 2 aliphatic carbocycles. The molecular weight excluding hydrogens is 314 g/mol. The van der Waals surface area contributed by atoms with E-state index in [9.17, 15) is 9.90 Å². The summed E-state index contributed by atoms with van der Waals surface area (Å²) in [6.45, 7) is 9.04. The van der Waals surface area contributed by atoms with Crippen LogP contribution in [0.3, 0.4) is 0 Å². The van der Waals surface area contributed by atoms with E-state index in [0.29, 0.717) is 17.4 Å². The van der Waals surface area contributed by atoms with Gasteiger partial charge in [-0.2, -0.15) is 0 Å². The number of rotatable bonds is 4. The lowest BCUT2D eigenvalue weighted by molar-refractivity contribution is -0.152. The molecule has 3 rings (SSSR count). The molecule has 25 heavy (non-hydrogen) atoms. The first kappa shape index (κ1) is 20.7. The summed E-state index contributed by atoms with van der Waals surface area (Å²) in [6.07, 6.45) is 10.8. The summed E-state index contributed by atoms with van der Waals surface area (Å²) in [4.78, 5) is 12.0. The van der Waals surface area contributed by atoms with Crippen molar-refractivity contribution in [3.05, 3.63) is 0 Å². The number of ether oxygens (including phenoxy) is 1. The highest BCUT2D eigenvalue weighted by molar-refractivity contribution is 5.72. The van der Waals surface area contributed by atoms with Gasteiger partial charge >= 0.3 is 5.97 Å².